The van der Waals surface area contributed by atoms with Crippen LogP contribution in [0, 0.1) is 0 Å². The Labute approximate surface area is 61.7 Å². The molecule has 2 heteroatoms. The van der Waals surface area contributed by atoms with E-state index >= 15 is 0 Å². The molecule has 0 aromatic rings. The second kappa shape index (κ2) is 2.21. The molecule has 0 aromatic heterocycles. The van der Waals surface area contributed by atoms with Gasteiger partial charge in [0.1, 0.15) is 0 Å². The van der Waals surface area contributed by atoms with Crippen LogP contribution in [0.3, 0.4) is 0 Å². The first-order chi connectivity index (χ1) is 4.81. The fraction of sp³-hybridized carbons (Fsp3) is 1.00. The van der Waals surface area contributed by atoms with Crippen LogP contribution in [-0.2, 0) is 4.74 Å². The van der Waals surface area contributed by atoms with Crippen LogP contribution in [0.4, 0.5) is 0 Å². The largest absolute Gasteiger partial charge is 0.375 e. The predicted molar refractivity (Wildman–Crippen MR) is 39.7 cm³/mol. The van der Waals surface area contributed by atoms with Crippen molar-refractivity contribution in [2.24, 2.45) is 5.73 Å². The van der Waals surface area contributed by atoms with E-state index in [0.29, 0.717) is 11.6 Å². The Morgan fingerprint density at radius 1 is 1.20 bits per heavy atom. The first kappa shape index (κ1) is 6.62. The molecule has 0 bridgehead atoms. The Morgan fingerprint density at radius 3 is 2.20 bits per heavy atom. The van der Waals surface area contributed by atoms with Crippen LogP contribution in [0.5, 0.6) is 0 Å². The zero-order chi connectivity index (χ0) is 7.03. The van der Waals surface area contributed by atoms with Gasteiger partial charge in [-0.1, -0.05) is 0 Å². The standard InChI is InChI=1S/C8H15NO/c9-7-1-3-8(4-2-7)5-6-10-8/h7H,1-6,9H2. The van der Waals surface area contributed by atoms with Gasteiger partial charge in [0.2, 0.25) is 0 Å². The molecule has 0 radical (unpaired) electrons. The van der Waals surface area contributed by atoms with Crippen LogP contribution in [0.25, 0.3) is 0 Å². The van der Waals surface area contributed by atoms with Crippen LogP contribution in [-0.4, -0.2) is 18.2 Å². The molecule has 1 heterocycles. The van der Waals surface area contributed by atoms with Crippen LogP contribution in [0.15, 0.2) is 0 Å². The van der Waals surface area contributed by atoms with E-state index < -0.39 is 0 Å². The molecule has 58 valence electrons. The van der Waals surface area contributed by atoms with E-state index in [4.69, 9.17) is 10.5 Å². The molecule has 2 aliphatic rings. The summed E-state index contributed by atoms with van der Waals surface area (Å²) in [7, 11) is 0. The molecular formula is C8H15NO. The lowest BCUT2D eigenvalue weighted by Crippen LogP contribution is -2.48. The summed E-state index contributed by atoms with van der Waals surface area (Å²) >= 11 is 0. The maximum absolute atomic E-state index is 5.78. The Balaban J connectivity index is 1.90. The van der Waals surface area contributed by atoms with Crippen molar-refractivity contribution in [1.29, 1.82) is 0 Å². The molecule has 10 heavy (non-hydrogen) atoms. The lowest BCUT2D eigenvalue weighted by molar-refractivity contribution is -0.166. The summed E-state index contributed by atoms with van der Waals surface area (Å²) in [5, 5.41) is 0. The number of hydrogen-bond acceptors (Lipinski definition) is 2. The molecule has 0 amide bonds. The quantitative estimate of drug-likeness (QED) is 0.547. The van der Waals surface area contributed by atoms with E-state index in [9.17, 15) is 0 Å². The minimum absolute atomic E-state index is 0.301. The Hall–Kier alpha value is -0.0800. The molecule has 0 atom stereocenters. The van der Waals surface area contributed by atoms with Crippen LogP contribution < -0.4 is 5.73 Å². The molecular weight excluding hydrogens is 126 g/mol. The van der Waals surface area contributed by atoms with Crippen molar-refractivity contribution < 1.29 is 4.74 Å². The van der Waals surface area contributed by atoms with Gasteiger partial charge in [-0.25, -0.2) is 0 Å². The third-order valence-electron chi connectivity index (χ3n) is 2.91. The summed E-state index contributed by atoms with van der Waals surface area (Å²) in [6.07, 6.45) is 6.02. The molecule has 0 aromatic carbocycles. The molecule has 2 fully saturated rings. The third-order valence-corrected chi connectivity index (χ3v) is 2.91. The summed E-state index contributed by atoms with van der Waals surface area (Å²) in [4.78, 5) is 0. The Kier molecular flexibility index (Phi) is 1.46. The van der Waals surface area contributed by atoms with Crippen LogP contribution >= 0.6 is 0 Å². The molecule has 1 saturated heterocycles. The summed E-state index contributed by atoms with van der Waals surface area (Å²) in [6.45, 7) is 0.981. The van der Waals surface area contributed by atoms with Crippen LogP contribution in [0.1, 0.15) is 32.1 Å². The molecule has 2 N–H and O–H groups in total. The molecule has 1 spiro atoms. The minimum atomic E-state index is 0.301. The van der Waals surface area contributed by atoms with E-state index in [1.54, 1.807) is 0 Å². The Bertz CT molecular complexity index is 121. The van der Waals surface area contributed by atoms with Gasteiger partial charge in [-0.3, -0.25) is 0 Å². The van der Waals surface area contributed by atoms with Crippen molar-refractivity contribution in [3.8, 4) is 0 Å². The monoisotopic (exact) mass is 141 g/mol. The van der Waals surface area contributed by atoms with Crippen LogP contribution in [0.2, 0.25) is 0 Å². The van der Waals surface area contributed by atoms with Gasteiger partial charge in [-0.15, -0.1) is 0 Å². The zero-order valence-corrected chi connectivity index (χ0v) is 6.31. The maximum Gasteiger partial charge on any atom is 0.0705 e. The summed E-state index contributed by atoms with van der Waals surface area (Å²) in [5.74, 6) is 0. The SMILES string of the molecule is NC1CCC2(CCO2)CC1. The molecule has 2 rings (SSSR count). The van der Waals surface area contributed by atoms with Crippen molar-refractivity contribution in [1.82, 2.24) is 0 Å². The van der Waals surface area contributed by atoms with Gasteiger partial charge < -0.3 is 10.5 Å². The van der Waals surface area contributed by atoms with Gasteiger partial charge in [-0.2, -0.15) is 0 Å². The fourth-order valence-corrected chi connectivity index (χ4v) is 1.95. The number of rotatable bonds is 0. The predicted octanol–water partition coefficient (Wildman–Crippen LogP) is 1.05. The normalized spacial score (nSPS) is 47.1. The highest BCUT2D eigenvalue weighted by Crippen LogP contribution is 2.39. The Morgan fingerprint density at radius 2 is 1.80 bits per heavy atom. The van der Waals surface area contributed by atoms with Crippen molar-refractivity contribution in [3.05, 3.63) is 0 Å². The van der Waals surface area contributed by atoms with E-state index in [-0.39, 0.29) is 0 Å². The van der Waals surface area contributed by atoms with Crippen molar-refractivity contribution in [2.45, 2.75) is 43.7 Å². The van der Waals surface area contributed by atoms with Gasteiger partial charge in [-0.05, 0) is 32.1 Å². The average molecular weight is 141 g/mol. The van der Waals surface area contributed by atoms with E-state index in [0.717, 1.165) is 6.61 Å². The highest BCUT2D eigenvalue weighted by Gasteiger charge is 2.40. The molecule has 1 saturated carbocycles. The van der Waals surface area contributed by atoms with Gasteiger partial charge >= 0.3 is 0 Å². The van der Waals surface area contributed by atoms with E-state index in [2.05, 4.69) is 0 Å². The van der Waals surface area contributed by atoms with Crippen molar-refractivity contribution in [2.75, 3.05) is 6.61 Å². The number of nitrogens with two attached hydrogens (primary N) is 1. The van der Waals surface area contributed by atoms with Crippen molar-refractivity contribution >= 4 is 0 Å². The lowest BCUT2D eigenvalue weighted by Gasteiger charge is -2.46. The molecule has 0 unspecified atom stereocenters. The summed E-state index contributed by atoms with van der Waals surface area (Å²) in [6, 6.07) is 0.454. The highest BCUT2D eigenvalue weighted by atomic mass is 16.5. The third kappa shape index (κ3) is 0.956. The second-order valence-electron chi connectivity index (χ2n) is 3.62. The topological polar surface area (TPSA) is 35.2 Å². The minimum Gasteiger partial charge on any atom is -0.375 e. The lowest BCUT2D eigenvalue weighted by atomic mass is 9.78. The van der Waals surface area contributed by atoms with Crippen molar-refractivity contribution in [3.63, 3.8) is 0 Å². The smallest absolute Gasteiger partial charge is 0.0705 e. The van der Waals surface area contributed by atoms with E-state index in [1.165, 1.54) is 32.1 Å². The number of ether oxygens (including phenoxy) is 1. The number of hydrogen-bond donors (Lipinski definition) is 1. The average Bonchev–Trinajstić information content (AvgIpc) is 1.86. The van der Waals surface area contributed by atoms with Gasteiger partial charge in [0.05, 0.1) is 12.2 Å². The van der Waals surface area contributed by atoms with Gasteiger partial charge in [0, 0.05) is 6.04 Å². The second-order valence-corrected chi connectivity index (χ2v) is 3.62. The molecule has 1 aliphatic heterocycles. The first-order valence-corrected chi connectivity index (χ1v) is 4.20. The van der Waals surface area contributed by atoms with Gasteiger partial charge in [0.25, 0.3) is 0 Å². The highest BCUT2D eigenvalue weighted by molar-refractivity contribution is 4.92. The summed E-state index contributed by atoms with van der Waals surface area (Å²) < 4.78 is 5.55. The molecule has 2 nitrogen and oxygen atoms in total. The zero-order valence-electron chi connectivity index (χ0n) is 6.31. The van der Waals surface area contributed by atoms with Gasteiger partial charge in [0.15, 0.2) is 0 Å². The fourth-order valence-electron chi connectivity index (χ4n) is 1.95. The van der Waals surface area contributed by atoms with E-state index in [1.807, 2.05) is 0 Å². The maximum atomic E-state index is 5.78. The summed E-state index contributed by atoms with van der Waals surface area (Å²) in [5.41, 5.74) is 6.08. The molecule has 1 aliphatic carbocycles. The first-order valence-electron chi connectivity index (χ1n) is 4.20.